The number of anilines is 2. The van der Waals surface area contributed by atoms with Crippen molar-refractivity contribution in [2.75, 3.05) is 17.2 Å². The highest BCUT2D eigenvalue weighted by molar-refractivity contribution is 5.95. The van der Waals surface area contributed by atoms with Crippen LogP contribution in [0.25, 0.3) is 0 Å². The Labute approximate surface area is 117 Å². The molecule has 6 heteroatoms. The fraction of sp³-hybridized carbons (Fsp3) is 0.500. The number of nitrogens with zero attached hydrogens (tertiary/aromatic N) is 1. The molecule has 1 aliphatic rings. The molecular weight excluding hydrogens is 258 g/mol. The van der Waals surface area contributed by atoms with Gasteiger partial charge in [-0.3, -0.25) is 14.9 Å². The first-order valence-corrected chi connectivity index (χ1v) is 6.86. The van der Waals surface area contributed by atoms with Gasteiger partial charge in [0.1, 0.15) is 5.69 Å². The number of fused-ring (bicyclic) bond motifs is 1. The molecule has 2 rings (SSSR count). The molecule has 1 amide bonds. The van der Waals surface area contributed by atoms with Crippen LogP contribution in [0.1, 0.15) is 32.3 Å². The molecule has 1 aromatic carbocycles. The van der Waals surface area contributed by atoms with E-state index in [0.717, 1.165) is 12.0 Å². The number of aryl methyl sites for hydroxylation is 1. The summed E-state index contributed by atoms with van der Waals surface area (Å²) in [5, 5.41) is 17.0. The molecular formula is C14H19N3O3. The Morgan fingerprint density at radius 2 is 2.20 bits per heavy atom. The minimum Gasteiger partial charge on any atom is -0.379 e. The highest BCUT2D eigenvalue weighted by Crippen LogP contribution is 2.34. The number of benzene rings is 1. The SMILES string of the molecule is CCC(C)CNc1cc2c(cc1[N+](=O)[O-])NC(=O)CC2. The predicted molar refractivity (Wildman–Crippen MR) is 78.0 cm³/mol. The maximum Gasteiger partial charge on any atom is 0.294 e. The Balaban J connectivity index is 2.30. The van der Waals surface area contributed by atoms with Crippen molar-refractivity contribution in [3.05, 3.63) is 27.8 Å². The average Bonchev–Trinajstić information content (AvgIpc) is 2.43. The molecule has 0 bridgehead atoms. The number of hydrogen-bond donors (Lipinski definition) is 2. The molecule has 1 unspecified atom stereocenters. The summed E-state index contributed by atoms with van der Waals surface area (Å²) < 4.78 is 0. The third-order valence-electron chi connectivity index (χ3n) is 3.65. The fourth-order valence-corrected chi connectivity index (χ4v) is 2.14. The first kappa shape index (κ1) is 14.3. The molecule has 0 saturated heterocycles. The van der Waals surface area contributed by atoms with Crippen LogP contribution in [0, 0.1) is 16.0 Å². The normalized spacial score (nSPS) is 15.2. The Hall–Kier alpha value is -2.11. The van der Waals surface area contributed by atoms with Gasteiger partial charge >= 0.3 is 0 Å². The van der Waals surface area contributed by atoms with Crippen molar-refractivity contribution in [2.45, 2.75) is 33.1 Å². The van der Waals surface area contributed by atoms with Crippen molar-refractivity contribution in [1.82, 2.24) is 0 Å². The van der Waals surface area contributed by atoms with E-state index in [4.69, 9.17) is 0 Å². The van der Waals surface area contributed by atoms with Crippen molar-refractivity contribution < 1.29 is 9.72 Å². The predicted octanol–water partition coefficient (Wildman–Crippen LogP) is 2.94. The summed E-state index contributed by atoms with van der Waals surface area (Å²) in [6, 6.07) is 3.24. The van der Waals surface area contributed by atoms with Crippen molar-refractivity contribution >= 4 is 23.0 Å². The number of nitrogens with one attached hydrogen (secondary N) is 2. The Morgan fingerprint density at radius 1 is 1.45 bits per heavy atom. The monoisotopic (exact) mass is 277 g/mol. The Bertz CT molecular complexity index is 543. The first-order chi connectivity index (χ1) is 9.51. The van der Waals surface area contributed by atoms with E-state index in [-0.39, 0.29) is 11.6 Å². The molecule has 0 spiro atoms. The minimum absolute atomic E-state index is 0.00857. The number of nitro groups is 1. The maximum atomic E-state index is 11.3. The van der Waals surface area contributed by atoms with E-state index in [9.17, 15) is 14.9 Å². The van der Waals surface area contributed by atoms with Gasteiger partial charge in [-0.05, 0) is 24.0 Å². The van der Waals surface area contributed by atoms with Crippen LogP contribution in [-0.4, -0.2) is 17.4 Å². The summed E-state index contributed by atoms with van der Waals surface area (Å²) in [6.07, 6.45) is 2.06. The van der Waals surface area contributed by atoms with Gasteiger partial charge < -0.3 is 10.6 Å². The molecule has 20 heavy (non-hydrogen) atoms. The van der Waals surface area contributed by atoms with Crippen LogP contribution < -0.4 is 10.6 Å². The minimum atomic E-state index is -0.417. The van der Waals surface area contributed by atoms with Crippen LogP contribution in [0.2, 0.25) is 0 Å². The molecule has 0 radical (unpaired) electrons. The lowest BCUT2D eigenvalue weighted by atomic mass is 10.0. The Morgan fingerprint density at radius 3 is 2.85 bits per heavy atom. The van der Waals surface area contributed by atoms with Gasteiger partial charge in [0.25, 0.3) is 5.69 Å². The third-order valence-corrected chi connectivity index (χ3v) is 3.65. The van der Waals surface area contributed by atoms with E-state index < -0.39 is 4.92 Å². The molecule has 0 aliphatic carbocycles. The van der Waals surface area contributed by atoms with Crippen LogP contribution in [0.4, 0.5) is 17.1 Å². The zero-order valence-electron chi connectivity index (χ0n) is 11.7. The topological polar surface area (TPSA) is 84.3 Å². The molecule has 0 aromatic heterocycles. The summed E-state index contributed by atoms with van der Waals surface area (Å²) in [5.41, 5.74) is 2.04. The first-order valence-electron chi connectivity index (χ1n) is 6.86. The van der Waals surface area contributed by atoms with E-state index in [1.165, 1.54) is 6.07 Å². The van der Waals surface area contributed by atoms with E-state index in [1.807, 2.05) is 0 Å². The van der Waals surface area contributed by atoms with E-state index in [1.54, 1.807) is 6.07 Å². The van der Waals surface area contributed by atoms with Crippen LogP contribution in [0.3, 0.4) is 0 Å². The lowest BCUT2D eigenvalue weighted by molar-refractivity contribution is -0.383. The molecule has 2 N–H and O–H groups in total. The van der Waals surface area contributed by atoms with Gasteiger partial charge in [-0.15, -0.1) is 0 Å². The maximum absolute atomic E-state index is 11.3. The van der Waals surface area contributed by atoms with Gasteiger partial charge in [-0.1, -0.05) is 20.3 Å². The smallest absolute Gasteiger partial charge is 0.294 e. The molecule has 6 nitrogen and oxygen atoms in total. The quantitative estimate of drug-likeness (QED) is 0.640. The van der Waals surface area contributed by atoms with Gasteiger partial charge in [-0.2, -0.15) is 0 Å². The lowest BCUT2D eigenvalue weighted by Gasteiger charge is -2.19. The van der Waals surface area contributed by atoms with Crippen molar-refractivity contribution in [1.29, 1.82) is 0 Å². The van der Waals surface area contributed by atoms with Crippen LogP contribution >= 0.6 is 0 Å². The summed E-state index contributed by atoms with van der Waals surface area (Å²) in [7, 11) is 0. The number of hydrogen-bond acceptors (Lipinski definition) is 4. The van der Waals surface area contributed by atoms with Crippen molar-refractivity contribution in [2.24, 2.45) is 5.92 Å². The molecule has 1 heterocycles. The Kier molecular flexibility index (Phi) is 4.22. The summed E-state index contributed by atoms with van der Waals surface area (Å²) in [4.78, 5) is 22.1. The van der Waals surface area contributed by atoms with E-state index in [2.05, 4.69) is 24.5 Å². The van der Waals surface area contributed by atoms with Crippen LogP contribution in [0.5, 0.6) is 0 Å². The number of carbonyl (C=O) groups excluding carboxylic acids is 1. The lowest BCUT2D eigenvalue weighted by Crippen LogP contribution is -2.20. The van der Waals surface area contributed by atoms with Gasteiger partial charge in [0, 0.05) is 19.0 Å². The average molecular weight is 277 g/mol. The largest absolute Gasteiger partial charge is 0.379 e. The molecule has 0 saturated carbocycles. The van der Waals surface area contributed by atoms with Gasteiger partial charge in [0.05, 0.1) is 10.6 Å². The number of nitro benzene ring substituents is 1. The van der Waals surface area contributed by atoms with Crippen LogP contribution in [-0.2, 0) is 11.2 Å². The third kappa shape index (κ3) is 3.07. The number of rotatable bonds is 5. The fourth-order valence-electron chi connectivity index (χ4n) is 2.14. The number of amides is 1. The highest BCUT2D eigenvalue weighted by Gasteiger charge is 2.22. The van der Waals surface area contributed by atoms with Crippen molar-refractivity contribution in [3.8, 4) is 0 Å². The van der Waals surface area contributed by atoms with Gasteiger partial charge in [0.2, 0.25) is 5.91 Å². The molecule has 1 atom stereocenters. The van der Waals surface area contributed by atoms with Crippen molar-refractivity contribution in [3.63, 3.8) is 0 Å². The van der Waals surface area contributed by atoms with Gasteiger partial charge in [-0.25, -0.2) is 0 Å². The second-order valence-electron chi connectivity index (χ2n) is 5.23. The molecule has 1 aromatic rings. The second kappa shape index (κ2) is 5.90. The zero-order valence-corrected chi connectivity index (χ0v) is 11.7. The zero-order chi connectivity index (χ0) is 14.7. The molecule has 1 aliphatic heterocycles. The second-order valence-corrected chi connectivity index (χ2v) is 5.23. The highest BCUT2D eigenvalue weighted by atomic mass is 16.6. The molecule has 108 valence electrons. The number of carbonyl (C=O) groups is 1. The summed E-state index contributed by atoms with van der Waals surface area (Å²) in [6.45, 7) is 4.88. The standard InChI is InChI=1S/C14H19N3O3/c1-3-9(2)8-15-12-6-10-4-5-14(18)16-11(10)7-13(12)17(19)20/h6-7,9,15H,3-5,8H2,1-2H3,(H,16,18). The van der Waals surface area contributed by atoms with E-state index >= 15 is 0 Å². The summed E-state index contributed by atoms with van der Waals surface area (Å²) >= 11 is 0. The van der Waals surface area contributed by atoms with E-state index in [0.29, 0.717) is 36.7 Å². The van der Waals surface area contributed by atoms with Gasteiger partial charge in [0.15, 0.2) is 0 Å². The summed E-state index contributed by atoms with van der Waals surface area (Å²) in [5.74, 6) is 0.359. The molecule has 0 fully saturated rings. The van der Waals surface area contributed by atoms with Crippen LogP contribution in [0.15, 0.2) is 12.1 Å².